The molecule has 5 heteroatoms. The Morgan fingerprint density at radius 1 is 1.29 bits per heavy atom. The van der Waals surface area contributed by atoms with Gasteiger partial charge in [-0.25, -0.2) is 13.1 Å². The lowest BCUT2D eigenvalue weighted by Gasteiger charge is -2.18. The Morgan fingerprint density at radius 3 is 2.35 bits per heavy atom. The average molecular weight is 284 g/mol. The van der Waals surface area contributed by atoms with Crippen molar-refractivity contribution in [1.29, 1.82) is 0 Å². The van der Waals surface area contributed by atoms with Gasteiger partial charge in [0, 0.05) is 12.4 Å². The van der Waals surface area contributed by atoms with Gasteiger partial charge in [0.25, 0.3) is 0 Å². The minimum absolute atomic E-state index is 0.0574. The summed E-state index contributed by atoms with van der Waals surface area (Å²) >= 11 is 5.68. The molecule has 0 aromatic heterocycles. The number of halogens is 1. The summed E-state index contributed by atoms with van der Waals surface area (Å²) in [5.74, 6) is 1.30. The first-order valence-electron chi connectivity index (χ1n) is 6.19. The van der Waals surface area contributed by atoms with Crippen molar-refractivity contribution >= 4 is 21.6 Å². The lowest BCUT2D eigenvalue weighted by atomic mass is 9.94. The highest BCUT2D eigenvalue weighted by atomic mass is 35.5. The third kappa shape index (κ3) is 11.0. The maximum atomic E-state index is 11.7. The molecule has 3 nitrogen and oxygen atoms in total. The highest BCUT2D eigenvalue weighted by Gasteiger charge is 2.16. The molecule has 0 aromatic rings. The summed E-state index contributed by atoms with van der Waals surface area (Å²) in [6, 6.07) is 0. The molecule has 0 bridgehead atoms. The van der Waals surface area contributed by atoms with E-state index in [9.17, 15) is 8.42 Å². The molecular weight excluding hydrogens is 258 g/mol. The predicted molar refractivity (Wildman–Crippen MR) is 75.0 cm³/mol. The van der Waals surface area contributed by atoms with Crippen LogP contribution in [-0.4, -0.2) is 26.6 Å². The lowest BCUT2D eigenvalue weighted by Crippen LogP contribution is -2.29. The average Bonchev–Trinajstić information content (AvgIpc) is 2.20. The second kappa shape index (κ2) is 7.59. The van der Waals surface area contributed by atoms with Gasteiger partial charge < -0.3 is 0 Å². The standard InChI is InChI=1S/C12H26ClNO2S/c1-11(10-13)6-5-8-14-17(15,16)9-7-12(2,3)4/h11,14H,5-10H2,1-4H3. The van der Waals surface area contributed by atoms with Crippen LogP contribution >= 0.6 is 11.6 Å². The molecule has 0 aliphatic carbocycles. The molecule has 0 rings (SSSR count). The molecule has 0 aliphatic heterocycles. The molecule has 0 aromatic carbocycles. The van der Waals surface area contributed by atoms with Crippen LogP contribution in [0.15, 0.2) is 0 Å². The van der Waals surface area contributed by atoms with Gasteiger partial charge in [-0.05, 0) is 30.6 Å². The Kier molecular flexibility index (Phi) is 7.68. The predicted octanol–water partition coefficient (Wildman–Crippen LogP) is 3.00. The Balaban J connectivity index is 3.80. The quantitative estimate of drug-likeness (QED) is 0.550. The van der Waals surface area contributed by atoms with Gasteiger partial charge in [0.1, 0.15) is 0 Å². The van der Waals surface area contributed by atoms with Crippen LogP contribution < -0.4 is 4.72 Å². The first-order chi connectivity index (χ1) is 7.66. The molecule has 0 saturated carbocycles. The third-order valence-electron chi connectivity index (χ3n) is 2.58. The van der Waals surface area contributed by atoms with E-state index in [1.54, 1.807) is 0 Å². The molecule has 17 heavy (non-hydrogen) atoms. The lowest BCUT2D eigenvalue weighted by molar-refractivity contribution is 0.396. The second-order valence-corrected chi connectivity index (χ2v) is 8.16. The van der Waals surface area contributed by atoms with E-state index in [-0.39, 0.29) is 11.2 Å². The summed E-state index contributed by atoms with van der Waals surface area (Å²) in [5, 5.41) is 0. The van der Waals surface area contributed by atoms with Crippen LogP contribution in [0, 0.1) is 11.3 Å². The molecule has 1 N–H and O–H groups in total. The normalized spacial score (nSPS) is 14.9. The van der Waals surface area contributed by atoms with E-state index in [2.05, 4.69) is 11.6 Å². The first-order valence-corrected chi connectivity index (χ1v) is 8.38. The molecule has 0 fully saturated rings. The Hall–Kier alpha value is 0.200. The van der Waals surface area contributed by atoms with E-state index in [1.165, 1.54) is 0 Å². The zero-order chi connectivity index (χ0) is 13.5. The van der Waals surface area contributed by atoms with Gasteiger partial charge in [-0.3, -0.25) is 0 Å². The molecular formula is C12H26ClNO2S. The van der Waals surface area contributed by atoms with Crippen LogP contribution in [0.1, 0.15) is 47.0 Å². The molecule has 0 aliphatic rings. The van der Waals surface area contributed by atoms with Crippen molar-refractivity contribution in [2.75, 3.05) is 18.2 Å². The van der Waals surface area contributed by atoms with Crippen LogP contribution in [-0.2, 0) is 10.0 Å². The van der Waals surface area contributed by atoms with Gasteiger partial charge in [0.05, 0.1) is 5.75 Å². The minimum atomic E-state index is -3.10. The molecule has 0 radical (unpaired) electrons. The monoisotopic (exact) mass is 283 g/mol. The Labute approximate surface area is 111 Å². The zero-order valence-electron chi connectivity index (χ0n) is 11.4. The van der Waals surface area contributed by atoms with Gasteiger partial charge in [-0.1, -0.05) is 27.7 Å². The zero-order valence-corrected chi connectivity index (χ0v) is 13.0. The minimum Gasteiger partial charge on any atom is -0.215 e. The van der Waals surface area contributed by atoms with Crippen molar-refractivity contribution in [3.8, 4) is 0 Å². The molecule has 1 atom stereocenters. The van der Waals surface area contributed by atoms with E-state index in [0.717, 1.165) is 12.8 Å². The van der Waals surface area contributed by atoms with Gasteiger partial charge in [0.2, 0.25) is 10.0 Å². The number of alkyl halides is 1. The number of rotatable bonds is 8. The van der Waals surface area contributed by atoms with E-state index in [0.29, 0.717) is 24.8 Å². The fraction of sp³-hybridized carbons (Fsp3) is 1.00. The SMILES string of the molecule is CC(CCl)CCCNS(=O)(=O)CCC(C)(C)C. The fourth-order valence-electron chi connectivity index (χ4n) is 1.27. The molecule has 0 amide bonds. The van der Waals surface area contributed by atoms with E-state index in [1.807, 2.05) is 20.8 Å². The van der Waals surface area contributed by atoms with Gasteiger partial charge in [-0.2, -0.15) is 0 Å². The van der Waals surface area contributed by atoms with Crippen LogP contribution in [0.2, 0.25) is 0 Å². The largest absolute Gasteiger partial charge is 0.215 e. The van der Waals surface area contributed by atoms with Crippen molar-refractivity contribution in [1.82, 2.24) is 4.72 Å². The smallest absolute Gasteiger partial charge is 0.211 e. The summed E-state index contributed by atoms with van der Waals surface area (Å²) < 4.78 is 25.9. The van der Waals surface area contributed by atoms with E-state index < -0.39 is 10.0 Å². The maximum Gasteiger partial charge on any atom is 0.211 e. The molecule has 0 saturated heterocycles. The van der Waals surface area contributed by atoms with Crippen LogP contribution in [0.5, 0.6) is 0 Å². The molecule has 0 heterocycles. The summed E-state index contributed by atoms with van der Waals surface area (Å²) in [7, 11) is -3.10. The van der Waals surface area contributed by atoms with E-state index in [4.69, 9.17) is 11.6 Å². The Bertz CT molecular complexity index is 296. The highest BCUT2D eigenvalue weighted by Crippen LogP contribution is 2.18. The Morgan fingerprint density at radius 2 is 1.88 bits per heavy atom. The highest BCUT2D eigenvalue weighted by molar-refractivity contribution is 7.89. The van der Waals surface area contributed by atoms with Crippen LogP contribution in [0.25, 0.3) is 0 Å². The van der Waals surface area contributed by atoms with Gasteiger partial charge in [0.15, 0.2) is 0 Å². The maximum absolute atomic E-state index is 11.7. The van der Waals surface area contributed by atoms with E-state index >= 15 is 0 Å². The fourth-order valence-corrected chi connectivity index (χ4v) is 2.90. The van der Waals surface area contributed by atoms with Gasteiger partial charge in [-0.15, -0.1) is 11.6 Å². The molecule has 1 unspecified atom stereocenters. The number of hydrogen-bond donors (Lipinski definition) is 1. The number of sulfonamides is 1. The second-order valence-electron chi connectivity index (χ2n) is 5.93. The van der Waals surface area contributed by atoms with Crippen molar-refractivity contribution in [2.24, 2.45) is 11.3 Å². The summed E-state index contributed by atoms with van der Waals surface area (Å²) in [6.45, 7) is 8.73. The van der Waals surface area contributed by atoms with Gasteiger partial charge >= 0.3 is 0 Å². The van der Waals surface area contributed by atoms with Crippen LogP contribution in [0.4, 0.5) is 0 Å². The summed E-state index contributed by atoms with van der Waals surface area (Å²) in [6.07, 6.45) is 2.49. The third-order valence-corrected chi connectivity index (χ3v) is 4.49. The molecule has 0 spiro atoms. The topological polar surface area (TPSA) is 46.2 Å². The first kappa shape index (κ1) is 17.2. The van der Waals surface area contributed by atoms with Crippen LogP contribution in [0.3, 0.4) is 0 Å². The number of hydrogen-bond acceptors (Lipinski definition) is 2. The van der Waals surface area contributed by atoms with Crippen molar-refractivity contribution in [3.05, 3.63) is 0 Å². The van der Waals surface area contributed by atoms with Crippen molar-refractivity contribution in [3.63, 3.8) is 0 Å². The van der Waals surface area contributed by atoms with Crippen molar-refractivity contribution in [2.45, 2.75) is 47.0 Å². The number of nitrogens with one attached hydrogen (secondary N) is 1. The van der Waals surface area contributed by atoms with Crippen molar-refractivity contribution < 1.29 is 8.42 Å². The summed E-state index contributed by atoms with van der Waals surface area (Å²) in [5.41, 5.74) is 0.0574. The summed E-state index contributed by atoms with van der Waals surface area (Å²) in [4.78, 5) is 0. The molecule has 104 valence electrons.